The van der Waals surface area contributed by atoms with Gasteiger partial charge < -0.3 is 10.2 Å². The van der Waals surface area contributed by atoms with Crippen molar-refractivity contribution >= 4 is 5.84 Å². The number of ether oxygens (including phenoxy) is 1. The first-order valence-electron chi connectivity index (χ1n) is 5.53. The standard InChI is InChI=1S/C12H16F3N3O/c1-11(2,3)17-10(18-16)8-4-6-9(7-5-8)19-12(13,14)15/h4-7H,16H2,1-3H3,(H,17,18). The molecule has 3 N–H and O–H groups in total. The molecule has 4 nitrogen and oxygen atoms in total. The summed E-state index contributed by atoms with van der Waals surface area (Å²) < 4.78 is 39.8. The van der Waals surface area contributed by atoms with Crippen LogP contribution in [0, 0.1) is 0 Å². The largest absolute Gasteiger partial charge is 0.573 e. The Balaban J connectivity index is 2.94. The van der Waals surface area contributed by atoms with Crippen molar-refractivity contribution in [3.05, 3.63) is 29.8 Å². The third-order valence-corrected chi connectivity index (χ3v) is 1.95. The molecule has 0 spiro atoms. The molecule has 1 aromatic rings. The molecule has 7 heteroatoms. The normalized spacial score (nSPS) is 13.3. The van der Waals surface area contributed by atoms with E-state index in [0.29, 0.717) is 11.4 Å². The fourth-order valence-corrected chi connectivity index (χ4v) is 1.33. The van der Waals surface area contributed by atoms with Gasteiger partial charge >= 0.3 is 6.36 Å². The van der Waals surface area contributed by atoms with Crippen molar-refractivity contribution in [2.24, 2.45) is 10.8 Å². The van der Waals surface area contributed by atoms with E-state index >= 15 is 0 Å². The van der Waals surface area contributed by atoms with Crippen molar-refractivity contribution in [2.45, 2.75) is 32.7 Å². The molecule has 0 saturated carbocycles. The lowest BCUT2D eigenvalue weighted by atomic mass is 10.1. The molecule has 0 aliphatic heterocycles. The predicted molar refractivity (Wildman–Crippen MR) is 66.7 cm³/mol. The van der Waals surface area contributed by atoms with Gasteiger partial charge in [0.15, 0.2) is 0 Å². The first kappa shape index (κ1) is 15.3. The molecule has 0 aliphatic rings. The first-order valence-corrected chi connectivity index (χ1v) is 5.53. The second-order valence-corrected chi connectivity index (χ2v) is 4.85. The minimum absolute atomic E-state index is 0.289. The molecule has 0 heterocycles. The van der Waals surface area contributed by atoms with Crippen LogP contribution in [-0.2, 0) is 0 Å². The van der Waals surface area contributed by atoms with Gasteiger partial charge in [-0.1, -0.05) is 0 Å². The number of halogens is 3. The molecule has 0 aromatic heterocycles. The predicted octanol–water partition coefficient (Wildman–Crippen LogP) is 2.59. The number of alkyl halides is 3. The molecule has 0 bridgehead atoms. The van der Waals surface area contributed by atoms with E-state index in [4.69, 9.17) is 5.84 Å². The van der Waals surface area contributed by atoms with Crippen LogP contribution >= 0.6 is 0 Å². The Labute approximate surface area is 109 Å². The van der Waals surface area contributed by atoms with Gasteiger partial charge in [-0.15, -0.1) is 13.2 Å². The van der Waals surface area contributed by atoms with Crippen LogP contribution in [0.3, 0.4) is 0 Å². The van der Waals surface area contributed by atoms with Crippen molar-refractivity contribution in [2.75, 3.05) is 0 Å². The van der Waals surface area contributed by atoms with E-state index < -0.39 is 6.36 Å². The molecule has 106 valence electrons. The molecule has 0 atom stereocenters. The van der Waals surface area contributed by atoms with Gasteiger partial charge in [0, 0.05) is 5.56 Å². The molecule has 0 fully saturated rings. The van der Waals surface area contributed by atoms with E-state index in [1.165, 1.54) is 24.3 Å². The molecule has 0 amide bonds. The van der Waals surface area contributed by atoms with Crippen LogP contribution in [0.1, 0.15) is 26.3 Å². The van der Waals surface area contributed by atoms with E-state index in [-0.39, 0.29) is 11.3 Å². The number of hydrogen-bond donors (Lipinski definition) is 2. The fraction of sp³-hybridized carbons (Fsp3) is 0.417. The molecule has 0 aliphatic carbocycles. The number of benzene rings is 1. The van der Waals surface area contributed by atoms with Crippen molar-refractivity contribution < 1.29 is 17.9 Å². The summed E-state index contributed by atoms with van der Waals surface area (Å²) in [5.74, 6) is 5.47. The van der Waals surface area contributed by atoms with E-state index in [1.807, 2.05) is 20.8 Å². The average Bonchev–Trinajstić information content (AvgIpc) is 2.23. The number of hydrogen-bond acceptors (Lipinski definition) is 3. The number of amidine groups is 1. The van der Waals surface area contributed by atoms with Crippen molar-refractivity contribution in [1.29, 1.82) is 0 Å². The maximum absolute atomic E-state index is 12.0. The molecule has 0 unspecified atom stereocenters. The summed E-state index contributed by atoms with van der Waals surface area (Å²) in [4.78, 5) is 4.32. The van der Waals surface area contributed by atoms with Crippen LogP contribution in [0.25, 0.3) is 0 Å². The average molecular weight is 275 g/mol. The lowest BCUT2D eigenvalue weighted by molar-refractivity contribution is -0.274. The summed E-state index contributed by atoms with van der Waals surface area (Å²) >= 11 is 0. The smallest absolute Gasteiger partial charge is 0.406 e. The van der Waals surface area contributed by atoms with Crippen LogP contribution in [0.15, 0.2) is 29.3 Å². The minimum atomic E-state index is -4.70. The maximum atomic E-state index is 12.0. The third-order valence-electron chi connectivity index (χ3n) is 1.95. The Bertz CT molecular complexity index is 447. The van der Waals surface area contributed by atoms with E-state index in [0.717, 1.165) is 0 Å². The van der Waals surface area contributed by atoms with Crippen molar-refractivity contribution in [3.63, 3.8) is 0 Å². The Kier molecular flexibility index (Phi) is 4.41. The number of aliphatic imine (C=N–C) groups is 1. The van der Waals surface area contributed by atoms with Crippen LogP contribution in [0.4, 0.5) is 13.2 Å². The molecule has 0 saturated heterocycles. The summed E-state index contributed by atoms with van der Waals surface area (Å²) in [6.07, 6.45) is -4.70. The summed E-state index contributed by atoms with van der Waals surface area (Å²) in [7, 11) is 0. The Hall–Kier alpha value is -1.76. The summed E-state index contributed by atoms with van der Waals surface area (Å²) in [5, 5.41) is 0. The molecule has 1 aromatic carbocycles. The minimum Gasteiger partial charge on any atom is -0.406 e. The first-order chi connectivity index (χ1) is 8.61. The van der Waals surface area contributed by atoms with Gasteiger partial charge in [-0.2, -0.15) is 0 Å². The zero-order chi connectivity index (χ0) is 14.7. The van der Waals surface area contributed by atoms with Crippen LogP contribution in [-0.4, -0.2) is 17.7 Å². The third kappa shape index (κ3) is 5.60. The Morgan fingerprint density at radius 1 is 1.16 bits per heavy atom. The monoisotopic (exact) mass is 275 g/mol. The summed E-state index contributed by atoms with van der Waals surface area (Å²) in [6.45, 7) is 5.64. The van der Waals surface area contributed by atoms with Crippen LogP contribution in [0.2, 0.25) is 0 Å². The van der Waals surface area contributed by atoms with Crippen LogP contribution in [0.5, 0.6) is 5.75 Å². The zero-order valence-corrected chi connectivity index (χ0v) is 10.9. The quantitative estimate of drug-likeness (QED) is 0.377. The van der Waals surface area contributed by atoms with Crippen molar-refractivity contribution in [1.82, 2.24) is 5.43 Å². The zero-order valence-electron chi connectivity index (χ0n) is 10.9. The van der Waals surface area contributed by atoms with Gasteiger partial charge in [-0.3, -0.25) is 4.99 Å². The van der Waals surface area contributed by atoms with Gasteiger partial charge in [0.05, 0.1) is 5.54 Å². The Morgan fingerprint density at radius 3 is 2.05 bits per heavy atom. The SMILES string of the molecule is CC(C)(C)N=C(NN)c1ccc(OC(F)(F)F)cc1. The molecular weight excluding hydrogens is 259 g/mol. The van der Waals surface area contributed by atoms with Gasteiger partial charge in [0.1, 0.15) is 11.6 Å². The number of nitrogens with one attached hydrogen (secondary N) is 1. The second-order valence-electron chi connectivity index (χ2n) is 4.85. The van der Waals surface area contributed by atoms with E-state index in [1.54, 1.807) is 0 Å². The maximum Gasteiger partial charge on any atom is 0.573 e. The second kappa shape index (κ2) is 5.48. The molecular formula is C12H16F3N3O. The number of rotatable bonds is 2. The number of nitrogens with two attached hydrogens (primary N) is 1. The summed E-state index contributed by atoms with van der Waals surface area (Å²) in [5.41, 5.74) is 2.65. The number of nitrogens with zero attached hydrogens (tertiary/aromatic N) is 1. The highest BCUT2D eigenvalue weighted by Gasteiger charge is 2.31. The molecule has 19 heavy (non-hydrogen) atoms. The Morgan fingerprint density at radius 2 is 1.68 bits per heavy atom. The lowest BCUT2D eigenvalue weighted by Crippen LogP contribution is -2.33. The molecule has 0 radical (unpaired) electrons. The number of hydrazine groups is 1. The lowest BCUT2D eigenvalue weighted by Gasteiger charge is -2.16. The van der Waals surface area contributed by atoms with Crippen molar-refractivity contribution in [3.8, 4) is 5.75 Å². The van der Waals surface area contributed by atoms with Gasteiger partial charge in [-0.05, 0) is 45.0 Å². The highest BCUT2D eigenvalue weighted by atomic mass is 19.4. The van der Waals surface area contributed by atoms with E-state index in [2.05, 4.69) is 15.2 Å². The fourth-order valence-electron chi connectivity index (χ4n) is 1.33. The highest BCUT2D eigenvalue weighted by Crippen LogP contribution is 2.23. The van der Waals surface area contributed by atoms with Gasteiger partial charge in [-0.25, -0.2) is 5.84 Å². The molecule has 1 rings (SSSR count). The van der Waals surface area contributed by atoms with Crippen LogP contribution < -0.4 is 16.0 Å². The topological polar surface area (TPSA) is 59.6 Å². The van der Waals surface area contributed by atoms with E-state index in [9.17, 15) is 13.2 Å². The van der Waals surface area contributed by atoms with Gasteiger partial charge in [0.25, 0.3) is 0 Å². The van der Waals surface area contributed by atoms with Gasteiger partial charge in [0.2, 0.25) is 0 Å². The highest BCUT2D eigenvalue weighted by molar-refractivity contribution is 5.98. The summed E-state index contributed by atoms with van der Waals surface area (Å²) in [6, 6.07) is 5.31.